The number of phenols is 2. The van der Waals surface area contributed by atoms with Crippen LogP contribution < -0.4 is 0 Å². The van der Waals surface area contributed by atoms with E-state index in [0.29, 0.717) is 11.5 Å². The summed E-state index contributed by atoms with van der Waals surface area (Å²) in [7, 11) is 0. The minimum absolute atomic E-state index is 0.322. The summed E-state index contributed by atoms with van der Waals surface area (Å²) >= 11 is 0. The Kier molecular flexibility index (Phi) is 6.41. The van der Waals surface area contributed by atoms with Crippen molar-refractivity contribution in [2.75, 3.05) is 0 Å². The van der Waals surface area contributed by atoms with Gasteiger partial charge in [0.15, 0.2) is 0 Å². The molecule has 0 aliphatic carbocycles. The van der Waals surface area contributed by atoms with E-state index in [4.69, 9.17) is 10.2 Å². The Morgan fingerprint density at radius 2 is 1.33 bits per heavy atom. The Hall–Kier alpha value is -1.96. The van der Waals surface area contributed by atoms with Gasteiger partial charge in [-0.05, 0) is 42.7 Å². The van der Waals surface area contributed by atoms with Crippen molar-refractivity contribution in [1.29, 1.82) is 0 Å². The Balaban J connectivity index is 0.000000199. The third kappa shape index (κ3) is 5.94. The third-order valence-corrected chi connectivity index (χ3v) is 2.51. The van der Waals surface area contributed by atoms with Crippen LogP contribution in [0.5, 0.6) is 11.5 Å². The molecule has 0 fully saturated rings. The van der Waals surface area contributed by atoms with Crippen molar-refractivity contribution >= 4 is 0 Å². The Bertz CT molecular complexity index is 421. The average molecular weight is 244 g/mol. The highest BCUT2D eigenvalue weighted by Crippen LogP contribution is 2.11. The van der Waals surface area contributed by atoms with E-state index < -0.39 is 0 Å². The first-order valence-corrected chi connectivity index (χ1v) is 6.24. The zero-order valence-corrected chi connectivity index (χ0v) is 10.7. The molecule has 0 aliphatic rings. The molecule has 2 N–H and O–H groups in total. The van der Waals surface area contributed by atoms with E-state index in [1.54, 1.807) is 36.4 Å². The van der Waals surface area contributed by atoms with Gasteiger partial charge in [0.2, 0.25) is 0 Å². The van der Waals surface area contributed by atoms with Gasteiger partial charge in [0.25, 0.3) is 0 Å². The van der Waals surface area contributed by atoms with Crippen LogP contribution in [0.1, 0.15) is 25.3 Å². The Labute approximate surface area is 109 Å². The van der Waals surface area contributed by atoms with Gasteiger partial charge in [-0.3, -0.25) is 0 Å². The molecule has 0 saturated heterocycles. The quantitative estimate of drug-likeness (QED) is 0.852. The van der Waals surface area contributed by atoms with Crippen molar-refractivity contribution in [3.63, 3.8) is 0 Å². The van der Waals surface area contributed by atoms with E-state index in [-0.39, 0.29) is 0 Å². The van der Waals surface area contributed by atoms with Crippen LogP contribution in [0.25, 0.3) is 0 Å². The van der Waals surface area contributed by atoms with Crippen LogP contribution in [-0.4, -0.2) is 10.2 Å². The molecule has 2 rings (SSSR count). The lowest BCUT2D eigenvalue weighted by Crippen LogP contribution is -1.82. The standard InChI is InChI=1S/C10H14O.C6H6O/c1-2-3-4-9-5-7-10(11)8-6-9;7-6-4-2-1-3-5-6/h5-8,11H,2-4H2,1H3;1-5,7H. The summed E-state index contributed by atoms with van der Waals surface area (Å²) in [5, 5.41) is 17.6. The van der Waals surface area contributed by atoms with Gasteiger partial charge < -0.3 is 10.2 Å². The molecule has 0 aromatic heterocycles. The van der Waals surface area contributed by atoms with Crippen molar-refractivity contribution in [1.82, 2.24) is 0 Å². The van der Waals surface area contributed by atoms with E-state index in [1.165, 1.54) is 18.4 Å². The summed E-state index contributed by atoms with van der Waals surface area (Å²) in [6.07, 6.45) is 3.57. The molecule has 0 spiro atoms. The average Bonchev–Trinajstić information content (AvgIpc) is 2.40. The fourth-order valence-electron chi connectivity index (χ4n) is 1.47. The van der Waals surface area contributed by atoms with Crippen molar-refractivity contribution in [3.8, 4) is 11.5 Å². The smallest absolute Gasteiger partial charge is 0.115 e. The van der Waals surface area contributed by atoms with Gasteiger partial charge in [-0.1, -0.05) is 43.7 Å². The molecule has 2 heteroatoms. The highest BCUT2D eigenvalue weighted by Gasteiger charge is 1.91. The molecule has 0 unspecified atom stereocenters. The lowest BCUT2D eigenvalue weighted by atomic mass is 10.1. The fraction of sp³-hybridized carbons (Fsp3) is 0.250. The summed E-state index contributed by atoms with van der Waals surface area (Å²) in [5.41, 5.74) is 1.31. The normalized spacial score (nSPS) is 9.39. The number of benzene rings is 2. The van der Waals surface area contributed by atoms with Crippen molar-refractivity contribution in [2.24, 2.45) is 0 Å². The molecular formula is C16H20O2. The molecule has 2 aromatic rings. The highest BCUT2D eigenvalue weighted by molar-refractivity contribution is 5.25. The highest BCUT2D eigenvalue weighted by atomic mass is 16.3. The summed E-state index contributed by atoms with van der Waals surface area (Å²) in [6.45, 7) is 2.18. The predicted octanol–water partition coefficient (Wildman–Crippen LogP) is 4.13. The van der Waals surface area contributed by atoms with Gasteiger partial charge >= 0.3 is 0 Å². The molecule has 0 atom stereocenters. The van der Waals surface area contributed by atoms with E-state index in [2.05, 4.69) is 6.92 Å². The van der Waals surface area contributed by atoms with Crippen molar-refractivity contribution < 1.29 is 10.2 Å². The monoisotopic (exact) mass is 244 g/mol. The lowest BCUT2D eigenvalue weighted by molar-refractivity contribution is 0.474. The molecule has 0 heterocycles. The predicted molar refractivity (Wildman–Crippen MR) is 74.8 cm³/mol. The molecule has 18 heavy (non-hydrogen) atoms. The van der Waals surface area contributed by atoms with Crippen LogP contribution in [0.3, 0.4) is 0 Å². The summed E-state index contributed by atoms with van der Waals surface area (Å²) in [5.74, 6) is 0.674. The first-order chi connectivity index (χ1) is 8.72. The van der Waals surface area contributed by atoms with Gasteiger partial charge in [-0.15, -0.1) is 0 Å². The summed E-state index contributed by atoms with van der Waals surface area (Å²) in [4.78, 5) is 0. The second kappa shape index (κ2) is 8.18. The molecule has 0 bridgehead atoms. The number of phenolic OH excluding ortho intramolecular Hbond substituents is 2. The maximum atomic E-state index is 8.98. The van der Waals surface area contributed by atoms with Crippen LogP contribution in [-0.2, 0) is 6.42 Å². The minimum atomic E-state index is 0.322. The topological polar surface area (TPSA) is 40.5 Å². The first kappa shape index (κ1) is 14.1. The van der Waals surface area contributed by atoms with E-state index in [0.717, 1.165) is 6.42 Å². The summed E-state index contributed by atoms with van der Waals surface area (Å²) in [6, 6.07) is 16.1. The van der Waals surface area contributed by atoms with Gasteiger partial charge in [-0.2, -0.15) is 0 Å². The van der Waals surface area contributed by atoms with Crippen molar-refractivity contribution in [2.45, 2.75) is 26.2 Å². The molecule has 2 nitrogen and oxygen atoms in total. The van der Waals surface area contributed by atoms with E-state index in [9.17, 15) is 0 Å². The zero-order valence-electron chi connectivity index (χ0n) is 10.7. The second-order valence-corrected chi connectivity index (χ2v) is 4.11. The number of aromatic hydroxyl groups is 2. The SMILES string of the molecule is CCCCc1ccc(O)cc1.Oc1ccccc1. The Morgan fingerprint density at radius 3 is 1.78 bits per heavy atom. The van der Waals surface area contributed by atoms with E-state index in [1.807, 2.05) is 18.2 Å². The maximum Gasteiger partial charge on any atom is 0.115 e. The summed E-state index contributed by atoms with van der Waals surface area (Å²) < 4.78 is 0. The number of hydrogen-bond donors (Lipinski definition) is 2. The second-order valence-electron chi connectivity index (χ2n) is 4.11. The number of para-hydroxylation sites is 1. The molecule has 0 radical (unpaired) electrons. The molecule has 0 aliphatic heterocycles. The van der Waals surface area contributed by atoms with E-state index >= 15 is 0 Å². The minimum Gasteiger partial charge on any atom is -0.508 e. The van der Waals surface area contributed by atoms with Gasteiger partial charge in [-0.25, -0.2) is 0 Å². The number of unbranched alkanes of at least 4 members (excludes halogenated alkanes) is 1. The van der Waals surface area contributed by atoms with Crippen LogP contribution in [0.4, 0.5) is 0 Å². The van der Waals surface area contributed by atoms with Crippen LogP contribution >= 0.6 is 0 Å². The lowest BCUT2D eigenvalue weighted by Gasteiger charge is -1.98. The van der Waals surface area contributed by atoms with Crippen LogP contribution in [0.2, 0.25) is 0 Å². The van der Waals surface area contributed by atoms with Crippen LogP contribution in [0.15, 0.2) is 54.6 Å². The maximum absolute atomic E-state index is 8.98. The molecular weight excluding hydrogens is 224 g/mol. The van der Waals surface area contributed by atoms with Gasteiger partial charge in [0, 0.05) is 0 Å². The largest absolute Gasteiger partial charge is 0.508 e. The molecule has 0 amide bonds. The van der Waals surface area contributed by atoms with Gasteiger partial charge in [0.05, 0.1) is 0 Å². The molecule has 0 saturated carbocycles. The molecule has 2 aromatic carbocycles. The first-order valence-electron chi connectivity index (χ1n) is 6.24. The van der Waals surface area contributed by atoms with Crippen LogP contribution in [0, 0.1) is 0 Å². The third-order valence-electron chi connectivity index (χ3n) is 2.51. The fourth-order valence-corrected chi connectivity index (χ4v) is 1.47. The molecule has 96 valence electrons. The Morgan fingerprint density at radius 1 is 0.778 bits per heavy atom. The zero-order chi connectivity index (χ0) is 13.2. The number of aryl methyl sites for hydroxylation is 1. The number of hydrogen-bond acceptors (Lipinski definition) is 2. The van der Waals surface area contributed by atoms with Gasteiger partial charge in [0.1, 0.15) is 11.5 Å². The number of rotatable bonds is 3. The van der Waals surface area contributed by atoms with Crippen molar-refractivity contribution in [3.05, 3.63) is 60.2 Å².